The topological polar surface area (TPSA) is 110 Å². The van der Waals surface area contributed by atoms with E-state index in [1.54, 1.807) is 0 Å². The third-order valence-corrected chi connectivity index (χ3v) is 8.63. The fourth-order valence-corrected chi connectivity index (χ4v) is 7.68. The number of methoxy groups -OCH3 is 1. The smallest absolute Gasteiger partial charge is 0.178 e. The fourth-order valence-electron chi connectivity index (χ4n) is 7.68. The number of carbonyl (C=O) groups is 3. The van der Waals surface area contributed by atoms with Crippen molar-refractivity contribution in [2.45, 2.75) is 45.0 Å². The lowest BCUT2D eigenvalue weighted by Gasteiger charge is -2.68. The molecular weight excluding hydrogens is 376 g/mol. The van der Waals surface area contributed by atoms with Crippen LogP contribution in [0.1, 0.15) is 26.7 Å². The Morgan fingerprint density at radius 2 is 1.86 bits per heavy atom. The van der Waals surface area contributed by atoms with Gasteiger partial charge in [-0.15, -0.1) is 0 Å². The zero-order valence-corrected chi connectivity index (χ0v) is 16.8. The maximum Gasteiger partial charge on any atom is 0.178 e. The number of rotatable bonds is 1. The van der Waals surface area contributed by atoms with Gasteiger partial charge < -0.3 is 19.7 Å². The molecule has 0 aromatic carbocycles. The van der Waals surface area contributed by atoms with E-state index in [9.17, 15) is 24.6 Å². The Balaban J connectivity index is 1.81. The van der Waals surface area contributed by atoms with Gasteiger partial charge in [0, 0.05) is 17.3 Å². The molecule has 6 aliphatic rings. The van der Waals surface area contributed by atoms with Crippen molar-refractivity contribution in [1.82, 2.24) is 0 Å². The van der Waals surface area contributed by atoms with E-state index in [0.29, 0.717) is 18.4 Å². The third kappa shape index (κ3) is 1.72. The van der Waals surface area contributed by atoms with Gasteiger partial charge in [0.15, 0.2) is 17.3 Å². The van der Waals surface area contributed by atoms with Crippen LogP contribution in [-0.2, 0) is 23.9 Å². The number of aliphatic hydroxyl groups excluding tert-OH is 2. The van der Waals surface area contributed by atoms with Crippen LogP contribution in [0.4, 0.5) is 0 Å². The van der Waals surface area contributed by atoms with E-state index in [0.717, 1.165) is 0 Å². The minimum Gasteiger partial charge on any atom is -0.504 e. The molecule has 7 nitrogen and oxygen atoms in total. The van der Waals surface area contributed by atoms with Crippen LogP contribution < -0.4 is 0 Å². The second-order valence-electron chi connectivity index (χ2n) is 9.88. The van der Waals surface area contributed by atoms with Crippen LogP contribution in [0.5, 0.6) is 0 Å². The van der Waals surface area contributed by atoms with Gasteiger partial charge in [-0.25, -0.2) is 0 Å². The molecule has 4 bridgehead atoms. The lowest BCUT2D eigenvalue weighted by molar-refractivity contribution is -0.263. The molecule has 29 heavy (non-hydrogen) atoms. The van der Waals surface area contributed by atoms with E-state index in [4.69, 9.17) is 9.47 Å². The van der Waals surface area contributed by atoms with Crippen LogP contribution in [0.2, 0.25) is 0 Å². The molecule has 6 fully saturated rings. The summed E-state index contributed by atoms with van der Waals surface area (Å²) in [5.74, 6) is -3.40. The minimum atomic E-state index is -1.83. The molecule has 0 aromatic heterocycles. The number of fused-ring (bicyclic) bond motifs is 3. The zero-order chi connectivity index (χ0) is 21.1. The number of hydrogen-bond donors (Lipinski definition) is 2. The molecule has 0 aromatic rings. The molecule has 4 saturated carbocycles. The first-order valence-corrected chi connectivity index (χ1v) is 10.1. The van der Waals surface area contributed by atoms with Gasteiger partial charge in [0.2, 0.25) is 0 Å². The van der Waals surface area contributed by atoms with Crippen molar-refractivity contribution in [2.24, 2.45) is 34.0 Å². The highest BCUT2D eigenvalue weighted by molar-refractivity contribution is 6.21. The van der Waals surface area contributed by atoms with Crippen molar-refractivity contribution in [3.05, 3.63) is 24.0 Å². The second-order valence-corrected chi connectivity index (χ2v) is 9.88. The van der Waals surface area contributed by atoms with Crippen molar-refractivity contribution in [1.29, 1.82) is 0 Å². The van der Waals surface area contributed by atoms with Crippen LogP contribution in [0.25, 0.3) is 0 Å². The second kappa shape index (κ2) is 5.45. The standard InChI is InChI=1S/C22H26O7/c1-9-10-5-6-12-21-8-29-19(11(7-28-4)16(21)25)20(2,3)14(21)13(23)18(27)22(12,15(9)24)17(10)26/h7,10,12-14,17,19,23,26H,1,5-6,8H2,2-4H3/b11-7-/t10-,12-,13-,14+,17+,19+,21-,22-/m0/s1. The molecule has 2 N–H and O–H groups in total. The first-order chi connectivity index (χ1) is 13.6. The molecule has 2 aliphatic heterocycles. The molecule has 156 valence electrons. The van der Waals surface area contributed by atoms with Crippen molar-refractivity contribution in [3.63, 3.8) is 0 Å². The summed E-state index contributed by atoms with van der Waals surface area (Å²) in [6, 6.07) is 0. The van der Waals surface area contributed by atoms with E-state index in [1.807, 2.05) is 13.8 Å². The Hall–Kier alpha value is -1.83. The van der Waals surface area contributed by atoms with Crippen LogP contribution in [0.15, 0.2) is 24.0 Å². The van der Waals surface area contributed by atoms with Crippen LogP contribution >= 0.6 is 0 Å². The maximum atomic E-state index is 13.8. The number of aliphatic hydroxyl groups is 2. The molecular formula is C22H26O7. The molecule has 0 unspecified atom stereocenters. The zero-order valence-electron chi connectivity index (χ0n) is 16.8. The molecule has 2 spiro atoms. The summed E-state index contributed by atoms with van der Waals surface area (Å²) in [5.41, 5.74) is -3.26. The van der Waals surface area contributed by atoms with E-state index in [2.05, 4.69) is 6.58 Å². The summed E-state index contributed by atoms with van der Waals surface area (Å²) >= 11 is 0. The largest absolute Gasteiger partial charge is 0.504 e. The normalized spacial score (nSPS) is 51.3. The predicted molar refractivity (Wildman–Crippen MR) is 99.4 cm³/mol. The highest BCUT2D eigenvalue weighted by Gasteiger charge is 2.82. The average molecular weight is 402 g/mol. The van der Waals surface area contributed by atoms with Crippen LogP contribution in [-0.4, -0.2) is 59.6 Å². The molecule has 0 radical (unpaired) electrons. The van der Waals surface area contributed by atoms with Gasteiger partial charge in [-0.05, 0) is 24.3 Å². The number of ether oxygens (including phenoxy) is 2. The van der Waals surface area contributed by atoms with Gasteiger partial charge >= 0.3 is 0 Å². The van der Waals surface area contributed by atoms with E-state index >= 15 is 0 Å². The predicted octanol–water partition coefficient (Wildman–Crippen LogP) is 0.583. The first kappa shape index (κ1) is 19.2. The van der Waals surface area contributed by atoms with E-state index < -0.39 is 63.9 Å². The van der Waals surface area contributed by atoms with E-state index in [-0.39, 0.29) is 18.0 Å². The van der Waals surface area contributed by atoms with Gasteiger partial charge in [-0.3, -0.25) is 14.4 Å². The molecule has 2 saturated heterocycles. The maximum absolute atomic E-state index is 13.8. The summed E-state index contributed by atoms with van der Waals surface area (Å²) in [6.45, 7) is 7.60. The number of hydrogen-bond acceptors (Lipinski definition) is 7. The van der Waals surface area contributed by atoms with Crippen molar-refractivity contribution in [3.8, 4) is 0 Å². The molecule has 4 aliphatic carbocycles. The van der Waals surface area contributed by atoms with Gasteiger partial charge in [-0.1, -0.05) is 20.4 Å². The van der Waals surface area contributed by atoms with Gasteiger partial charge in [0.25, 0.3) is 0 Å². The Bertz CT molecular complexity index is 901. The SMILES string of the molecule is C=C1C(=O)[C@@]23C(=O)[C@@H](O)[C@@H]4C(C)(C)[C@@H]5OC[C@]4(C(=O)/C5=C/OC)[C@@H]2CC[C@@H]1[C@H]3O. The molecule has 2 heterocycles. The fraction of sp³-hybridized carbons (Fsp3) is 0.682. The monoisotopic (exact) mass is 402 g/mol. The van der Waals surface area contributed by atoms with Crippen molar-refractivity contribution < 1.29 is 34.1 Å². The third-order valence-electron chi connectivity index (χ3n) is 8.63. The Kier molecular flexibility index (Phi) is 3.60. The summed E-state index contributed by atoms with van der Waals surface area (Å²) < 4.78 is 11.3. The average Bonchev–Trinajstić information content (AvgIpc) is 2.77. The molecule has 7 heteroatoms. The highest BCUT2D eigenvalue weighted by Crippen LogP contribution is 2.71. The van der Waals surface area contributed by atoms with Crippen LogP contribution in [0.3, 0.4) is 0 Å². The highest BCUT2D eigenvalue weighted by atomic mass is 16.5. The number of Topliss-reactive ketones (excluding diaryl/α,β-unsaturated/α-hetero) is 3. The lowest BCUT2D eigenvalue weighted by atomic mass is 9.37. The Morgan fingerprint density at radius 3 is 2.52 bits per heavy atom. The van der Waals surface area contributed by atoms with Gasteiger partial charge in [0.05, 0.1) is 43.2 Å². The van der Waals surface area contributed by atoms with Crippen LogP contribution in [0, 0.1) is 34.0 Å². The van der Waals surface area contributed by atoms with Crippen molar-refractivity contribution >= 4 is 17.3 Å². The summed E-state index contributed by atoms with van der Waals surface area (Å²) in [4.78, 5) is 40.7. The van der Waals surface area contributed by atoms with Gasteiger partial charge in [-0.2, -0.15) is 0 Å². The summed E-state index contributed by atoms with van der Waals surface area (Å²) in [7, 11) is 1.45. The minimum absolute atomic E-state index is 0.0134. The molecule has 0 amide bonds. The lowest BCUT2D eigenvalue weighted by Crippen LogP contribution is -2.79. The molecule has 6 rings (SSSR count). The number of carbonyl (C=O) groups excluding carboxylic acids is 3. The summed E-state index contributed by atoms with van der Waals surface area (Å²) in [5, 5.41) is 22.4. The Labute approximate surface area is 168 Å². The van der Waals surface area contributed by atoms with E-state index in [1.165, 1.54) is 13.4 Å². The van der Waals surface area contributed by atoms with Gasteiger partial charge in [0.1, 0.15) is 11.5 Å². The first-order valence-electron chi connectivity index (χ1n) is 10.1. The molecule has 8 atom stereocenters. The Morgan fingerprint density at radius 1 is 1.17 bits per heavy atom. The number of ketones is 3. The van der Waals surface area contributed by atoms with Crippen molar-refractivity contribution in [2.75, 3.05) is 13.7 Å². The quantitative estimate of drug-likeness (QED) is 0.375. The summed E-state index contributed by atoms with van der Waals surface area (Å²) in [6.07, 6.45) is -1.17.